The average molecular weight is 389 g/mol. The molecule has 0 N–H and O–H groups in total. The molecule has 1 unspecified atom stereocenters. The lowest BCUT2D eigenvalue weighted by Crippen LogP contribution is -2.32. The molecule has 1 aliphatic heterocycles. The highest BCUT2D eigenvalue weighted by atomic mass is 19.4. The zero-order chi connectivity index (χ0) is 19.8. The third-order valence-electron chi connectivity index (χ3n) is 4.05. The molecule has 0 aliphatic carbocycles. The van der Waals surface area contributed by atoms with Crippen molar-refractivity contribution in [1.82, 2.24) is 4.90 Å². The summed E-state index contributed by atoms with van der Waals surface area (Å²) in [6.45, 7) is -1.40. The van der Waals surface area contributed by atoms with Gasteiger partial charge in [-0.1, -0.05) is 30.3 Å². The number of alkyl halides is 5. The quantitative estimate of drug-likeness (QED) is 0.689. The van der Waals surface area contributed by atoms with Gasteiger partial charge in [0.25, 0.3) is 12.3 Å². The second-order valence-electron chi connectivity index (χ2n) is 5.91. The lowest BCUT2D eigenvalue weighted by molar-refractivity contribution is -0.138. The van der Waals surface area contributed by atoms with Gasteiger partial charge in [0.15, 0.2) is 6.23 Å². The van der Waals surface area contributed by atoms with Gasteiger partial charge in [-0.2, -0.15) is 13.2 Å². The van der Waals surface area contributed by atoms with Crippen molar-refractivity contribution >= 4 is 5.91 Å². The Balaban J connectivity index is 2.02. The topological polar surface area (TPSA) is 29.5 Å². The molecule has 0 spiro atoms. The number of hydrogen-bond acceptors (Lipinski definition) is 2. The summed E-state index contributed by atoms with van der Waals surface area (Å²) < 4.78 is 83.6. The Kier molecular flexibility index (Phi) is 5.14. The van der Waals surface area contributed by atoms with Gasteiger partial charge in [0.1, 0.15) is 12.4 Å². The van der Waals surface area contributed by atoms with Crippen LogP contribution in [0.2, 0.25) is 0 Å². The van der Waals surface area contributed by atoms with E-state index in [2.05, 4.69) is 0 Å². The summed E-state index contributed by atoms with van der Waals surface area (Å²) in [6.07, 6.45) is -9.10. The van der Waals surface area contributed by atoms with E-state index >= 15 is 0 Å². The van der Waals surface area contributed by atoms with Crippen LogP contribution < -0.4 is 0 Å². The first-order chi connectivity index (χ1) is 12.7. The molecule has 9 heteroatoms. The number of fused-ring (bicyclic) bond motifs is 1. The third-order valence-corrected chi connectivity index (χ3v) is 4.05. The number of carbonyl (C=O) groups is 1. The molecule has 0 saturated heterocycles. The van der Waals surface area contributed by atoms with Crippen molar-refractivity contribution in [1.29, 1.82) is 0 Å². The van der Waals surface area contributed by atoms with Gasteiger partial charge in [0.05, 0.1) is 11.1 Å². The summed E-state index contributed by atoms with van der Waals surface area (Å²) >= 11 is 0. The first kappa shape index (κ1) is 19.2. The van der Waals surface area contributed by atoms with Crippen molar-refractivity contribution in [2.45, 2.75) is 25.4 Å². The van der Waals surface area contributed by atoms with Crippen LogP contribution in [0.4, 0.5) is 26.3 Å². The van der Waals surface area contributed by atoms with E-state index in [1.54, 1.807) is 18.2 Å². The van der Waals surface area contributed by atoms with Crippen LogP contribution in [-0.4, -0.2) is 23.8 Å². The number of nitrogens with zero attached hydrogens (tertiary/aromatic N) is 1. The smallest absolute Gasteiger partial charge is 0.348 e. The van der Waals surface area contributed by atoms with E-state index in [9.17, 15) is 31.1 Å². The molecule has 0 saturated carbocycles. The molecule has 1 amide bonds. The first-order valence-corrected chi connectivity index (χ1v) is 7.83. The number of amides is 1. The maximum absolute atomic E-state index is 13.6. The molecule has 3 nitrogen and oxygen atoms in total. The standard InChI is InChI=1S/C18H13F6NO2/c19-12-6-11-8-25(16(26)15(11)13(7-12)18(22,23)24)17(27-9-14(20)21)10-4-2-1-3-5-10/h1-7,14,17H,8-9H2. The van der Waals surface area contributed by atoms with E-state index < -0.39 is 54.8 Å². The predicted molar refractivity (Wildman–Crippen MR) is 82.4 cm³/mol. The molecular weight excluding hydrogens is 376 g/mol. The molecule has 2 aromatic carbocycles. The molecule has 1 heterocycles. The highest BCUT2D eigenvalue weighted by molar-refractivity contribution is 6.00. The van der Waals surface area contributed by atoms with E-state index in [4.69, 9.17) is 4.74 Å². The minimum absolute atomic E-state index is 0.172. The van der Waals surface area contributed by atoms with Crippen molar-refractivity contribution < 1.29 is 35.9 Å². The Morgan fingerprint density at radius 2 is 1.78 bits per heavy atom. The van der Waals surface area contributed by atoms with Crippen LogP contribution in [0.25, 0.3) is 0 Å². The molecule has 27 heavy (non-hydrogen) atoms. The van der Waals surface area contributed by atoms with Gasteiger partial charge in [-0.15, -0.1) is 0 Å². The van der Waals surface area contributed by atoms with Gasteiger partial charge in [0, 0.05) is 12.1 Å². The molecule has 0 bridgehead atoms. The van der Waals surface area contributed by atoms with Crippen molar-refractivity contribution in [3.63, 3.8) is 0 Å². The fourth-order valence-corrected chi connectivity index (χ4v) is 3.00. The molecule has 0 radical (unpaired) electrons. The molecule has 144 valence electrons. The molecular formula is C18H13F6NO2. The Morgan fingerprint density at radius 1 is 1.11 bits per heavy atom. The summed E-state index contributed by atoms with van der Waals surface area (Å²) in [7, 11) is 0. The Bertz CT molecular complexity index is 838. The fourth-order valence-electron chi connectivity index (χ4n) is 3.00. The molecule has 1 atom stereocenters. The van der Waals surface area contributed by atoms with Crippen LogP contribution in [0, 0.1) is 5.82 Å². The first-order valence-electron chi connectivity index (χ1n) is 7.83. The third kappa shape index (κ3) is 3.92. The number of carbonyl (C=O) groups excluding carboxylic acids is 1. The van der Waals surface area contributed by atoms with Crippen molar-refractivity contribution in [3.8, 4) is 0 Å². The lowest BCUT2D eigenvalue weighted by atomic mass is 10.0. The molecule has 1 aliphatic rings. The van der Waals surface area contributed by atoms with Gasteiger partial charge < -0.3 is 9.64 Å². The van der Waals surface area contributed by atoms with Gasteiger partial charge in [-0.05, 0) is 17.7 Å². The van der Waals surface area contributed by atoms with Crippen LogP contribution in [0.3, 0.4) is 0 Å². The normalized spacial score (nSPS) is 15.4. The van der Waals surface area contributed by atoms with E-state index in [1.807, 2.05) is 0 Å². The van der Waals surface area contributed by atoms with E-state index in [0.717, 1.165) is 11.0 Å². The van der Waals surface area contributed by atoms with E-state index in [0.29, 0.717) is 5.56 Å². The van der Waals surface area contributed by atoms with Crippen molar-refractivity contribution in [3.05, 3.63) is 70.5 Å². The highest BCUT2D eigenvalue weighted by Crippen LogP contribution is 2.40. The number of hydrogen-bond donors (Lipinski definition) is 0. The van der Waals surface area contributed by atoms with Crippen LogP contribution in [-0.2, 0) is 17.5 Å². The molecule has 0 fully saturated rings. The van der Waals surface area contributed by atoms with Crippen LogP contribution in [0.1, 0.15) is 33.3 Å². The summed E-state index contributed by atoms with van der Waals surface area (Å²) in [5.74, 6) is -2.19. The van der Waals surface area contributed by atoms with Crippen LogP contribution in [0.5, 0.6) is 0 Å². The summed E-state index contributed by atoms with van der Waals surface area (Å²) in [6, 6.07) is 8.86. The zero-order valence-corrected chi connectivity index (χ0v) is 13.6. The van der Waals surface area contributed by atoms with Crippen LogP contribution >= 0.6 is 0 Å². The Morgan fingerprint density at radius 3 is 2.37 bits per heavy atom. The highest BCUT2D eigenvalue weighted by Gasteiger charge is 2.43. The second-order valence-corrected chi connectivity index (χ2v) is 5.91. The van der Waals surface area contributed by atoms with Gasteiger partial charge in [-0.25, -0.2) is 13.2 Å². The Hall–Kier alpha value is -2.55. The molecule has 2 aromatic rings. The largest absolute Gasteiger partial charge is 0.417 e. The minimum Gasteiger partial charge on any atom is -0.348 e. The monoisotopic (exact) mass is 389 g/mol. The summed E-state index contributed by atoms with van der Waals surface area (Å²) in [5, 5.41) is 0. The predicted octanol–water partition coefficient (Wildman–Crippen LogP) is 4.78. The average Bonchev–Trinajstić information content (AvgIpc) is 2.90. The number of halogens is 6. The van der Waals surface area contributed by atoms with Crippen LogP contribution in [0.15, 0.2) is 42.5 Å². The zero-order valence-electron chi connectivity index (χ0n) is 13.6. The summed E-state index contributed by atoms with van der Waals surface area (Å²) in [4.78, 5) is 13.6. The molecule has 0 aromatic heterocycles. The molecule has 3 rings (SSSR count). The lowest BCUT2D eigenvalue weighted by Gasteiger charge is -2.28. The van der Waals surface area contributed by atoms with Crippen molar-refractivity contribution in [2.24, 2.45) is 0 Å². The maximum Gasteiger partial charge on any atom is 0.417 e. The second kappa shape index (κ2) is 7.22. The number of rotatable bonds is 5. The summed E-state index contributed by atoms with van der Waals surface area (Å²) in [5.41, 5.74) is -1.95. The minimum atomic E-state index is -4.94. The SMILES string of the molecule is O=C1c2c(cc(F)cc2C(F)(F)F)CN1C(OCC(F)F)c1ccccc1. The maximum atomic E-state index is 13.6. The van der Waals surface area contributed by atoms with E-state index in [1.165, 1.54) is 12.1 Å². The number of ether oxygens (including phenoxy) is 1. The Labute approximate surface area is 150 Å². The van der Waals surface area contributed by atoms with E-state index in [-0.39, 0.29) is 11.6 Å². The van der Waals surface area contributed by atoms with Gasteiger partial charge in [0.2, 0.25) is 0 Å². The number of benzene rings is 2. The van der Waals surface area contributed by atoms with Gasteiger partial charge in [-0.3, -0.25) is 4.79 Å². The fraction of sp³-hybridized carbons (Fsp3) is 0.278. The van der Waals surface area contributed by atoms with Crippen molar-refractivity contribution in [2.75, 3.05) is 6.61 Å². The van der Waals surface area contributed by atoms with Gasteiger partial charge >= 0.3 is 6.18 Å².